The minimum Gasteiger partial charge on any atom is -0.495 e. The van der Waals surface area contributed by atoms with E-state index in [0.29, 0.717) is 21.5 Å². The van der Waals surface area contributed by atoms with Crippen LogP contribution in [0, 0.1) is 0 Å². The summed E-state index contributed by atoms with van der Waals surface area (Å²) in [6.07, 6.45) is -0.0564. The lowest BCUT2D eigenvalue weighted by molar-refractivity contribution is -0.115. The van der Waals surface area contributed by atoms with Gasteiger partial charge in [-0.3, -0.25) is 14.9 Å². The zero-order valence-corrected chi connectivity index (χ0v) is 19.4. The Morgan fingerprint density at radius 3 is 2.58 bits per heavy atom. The van der Waals surface area contributed by atoms with Crippen molar-refractivity contribution in [3.63, 3.8) is 0 Å². The molecule has 0 atom stereocenters. The lowest BCUT2D eigenvalue weighted by atomic mass is 10.2. The number of thiazole rings is 1. The fourth-order valence-corrected chi connectivity index (χ4v) is 4.78. The molecule has 0 aliphatic carbocycles. The topological polar surface area (TPSA) is 118 Å². The third-order valence-electron chi connectivity index (χ3n) is 4.08. The van der Waals surface area contributed by atoms with E-state index in [4.69, 9.17) is 4.74 Å². The van der Waals surface area contributed by atoms with Crippen molar-refractivity contribution in [3.05, 3.63) is 51.7 Å². The van der Waals surface area contributed by atoms with E-state index in [0.717, 1.165) is 4.31 Å². The molecule has 164 valence electrons. The number of hydrogen-bond donors (Lipinski definition) is 2. The summed E-state index contributed by atoms with van der Waals surface area (Å²) < 4.78 is 31.0. The highest BCUT2D eigenvalue weighted by Crippen LogP contribution is 2.29. The van der Waals surface area contributed by atoms with E-state index in [1.807, 2.05) is 0 Å². The molecule has 31 heavy (non-hydrogen) atoms. The monoisotopic (exact) mass is 480 g/mol. The van der Waals surface area contributed by atoms with Gasteiger partial charge < -0.3 is 10.1 Å². The van der Waals surface area contributed by atoms with Gasteiger partial charge in [-0.15, -0.1) is 22.7 Å². The summed E-state index contributed by atoms with van der Waals surface area (Å²) >= 11 is 2.53. The maximum absolute atomic E-state index is 12.5. The van der Waals surface area contributed by atoms with Gasteiger partial charge in [0.15, 0.2) is 5.13 Å². The largest absolute Gasteiger partial charge is 0.495 e. The van der Waals surface area contributed by atoms with E-state index in [-0.39, 0.29) is 22.9 Å². The number of amides is 2. The average Bonchev–Trinajstić information content (AvgIpc) is 3.40. The molecule has 2 amide bonds. The molecular weight excluding hydrogens is 460 g/mol. The van der Waals surface area contributed by atoms with Crippen LogP contribution in [0.3, 0.4) is 0 Å². The lowest BCUT2D eigenvalue weighted by Crippen LogP contribution is -2.22. The Kier molecular flexibility index (Phi) is 7.05. The lowest BCUT2D eigenvalue weighted by Gasteiger charge is -2.15. The Hall–Kier alpha value is -2.80. The quantitative estimate of drug-likeness (QED) is 0.512. The highest BCUT2D eigenvalue weighted by Gasteiger charge is 2.20. The molecule has 3 aromatic rings. The summed E-state index contributed by atoms with van der Waals surface area (Å²) in [7, 11) is 0.606. The van der Waals surface area contributed by atoms with Gasteiger partial charge in [-0.2, -0.15) is 0 Å². The summed E-state index contributed by atoms with van der Waals surface area (Å²) in [5.41, 5.74) is 0.705. The standard InChI is InChI=1S/C19H20N4O5S3/c1-23(2)31(26,27)13-6-7-15(28-3)14(10-13)21-17(24)9-12-11-30-19(20-12)22-18(25)16-5-4-8-29-16/h4-8,10-11H,9H2,1-3H3,(H,21,24)(H,20,22,25). The molecule has 0 fully saturated rings. The molecule has 0 saturated carbocycles. The van der Waals surface area contributed by atoms with Crippen LogP contribution >= 0.6 is 22.7 Å². The minimum absolute atomic E-state index is 0.0286. The van der Waals surface area contributed by atoms with Crippen LogP contribution in [0.25, 0.3) is 0 Å². The summed E-state index contributed by atoms with van der Waals surface area (Å²) in [4.78, 5) is 29.5. The highest BCUT2D eigenvalue weighted by atomic mass is 32.2. The van der Waals surface area contributed by atoms with Crippen molar-refractivity contribution in [2.45, 2.75) is 11.3 Å². The van der Waals surface area contributed by atoms with Gasteiger partial charge in [-0.25, -0.2) is 17.7 Å². The molecule has 2 heterocycles. The van der Waals surface area contributed by atoms with Crippen LogP contribution in [-0.2, 0) is 21.2 Å². The molecule has 0 bridgehead atoms. The maximum atomic E-state index is 12.5. The Bertz CT molecular complexity index is 1190. The van der Waals surface area contributed by atoms with Crippen molar-refractivity contribution in [1.82, 2.24) is 9.29 Å². The van der Waals surface area contributed by atoms with Crippen molar-refractivity contribution < 1.29 is 22.7 Å². The average molecular weight is 481 g/mol. The molecule has 0 radical (unpaired) electrons. The van der Waals surface area contributed by atoms with Gasteiger partial charge in [-0.1, -0.05) is 6.07 Å². The summed E-state index contributed by atoms with van der Waals surface area (Å²) in [6.45, 7) is 0. The molecule has 1 aromatic carbocycles. The van der Waals surface area contributed by atoms with Crippen LogP contribution in [0.15, 0.2) is 46.0 Å². The number of nitrogens with one attached hydrogen (secondary N) is 2. The van der Waals surface area contributed by atoms with Crippen LogP contribution in [0.1, 0.15) is 15.4 Å². The number of nitrogens with zero attached hydrogens (tertiary/aromatic N) is 2. The van der Waals surface area contributed by atoms with Crippen molar-refractivity contribution in [2.24, 2.45) is 0 Å². The van der Waals surface area contributed by atoms with E-state index in [1.54, 1.807) is 22.9 Å². The SMILES string of the molecule is COc1ccc(S(=O)(=O)N(C)C)cc1NC(=O)Cc1csc(NC(=O)c2cccs2)n1. The van der Waals surface area contributed by atoms with Crippen LogP contribution in [-0.4, -0.2) is 50.7 Å². The number of methoxy groups -OCH3 is 1. The van der Waals surface area contributed by atoms with Gasteiger partial charge in [0.2, 0.25) is 15.9 Å². The molecule has 0 spiro atoms. The van der Waals surface area contributed by atoms with E-state index < -0.39 is 15.9 Å². The number of carbonyl (C=O) groups is 2. The second-order valence-electron chi connectivity index (χ2n) is 6.45. The first-order chi connectivity index (χ1) is 14.7. The third kappa shape index (κ3) is 5.47. The normalized spacial score (nSPS) is 11.4. The number of sulfonamides is 1. The first kappa shape index (κ1) is 22.9. The molecule has 0 unspecified atom stereocenters. The first-order valence-corrected chi connectivity index (χ1v) is 12.1. The molecule has 3 rings (SSSR count). The predicted octanol–water partition coefficient (Wildman–Crippen LogP) is 2.90. The first-order valence-electron chi connectivity index (χ1n) is 8.90. The van der Waals surface area contributed by atoms with Crippen LogP contribution in [0.5, 0.6) is 5.75 Å². The van der Waals surface area contributed by atoms with Crippen LogP contribution in [0.2, 0.25) is 0 Å². The number of benzene rings is 1. The molecule has 9 nitrogen and oxygen atoms in total. The van der Waals surface area contributed by atoms with Gasteiger partial charge >= 0.3 is 0 Å². The van der Waals surface area contributed by atoms with Crippen molar-refractivity contribution in [2.75, 3.05) is 31.8 Å². The molecular formula is C19H20N4O5S3. The summed E-state index contributed by atoms with van der Waals surface area (Å²) in [5, 5.41) is 9.23. The fraction of sp³-hybridized carbons (Fsp3) is 0.211. The number of thiophene rings is 1. The molecule has 0 saturated heterocycles. The predicted molar refractivity (Wildman–Crippen MR) is 121 cm³/mol. The number of anilines is 2. The second kappa shape index (κ2) is 9.56. The number of carbonyl (C=O) groups excluding carboxylic acids is 2. The number of hydrogen-bond acceptors (Lipinski definition) is 8. The van der Waals surface area contributed by atoms with Crippen LogP contribution < -0.4 is 15.4 Å². The van der Waals surface area contributed by atoms with E-state index >= 15 is 0 Å². The van der Waals surface area contributed by atoms with Gasteiger partial charge in [0.05, 0.1) is 34.7 Å². The minimum atomic E-state index is -3.67. The molecule has 0 aliphatic heterocycles. The van der Waals surface area contributed by atoms with E-state index in [1.165, 1.54) is 62.1 Å². The summed E-state index contributed by atoms with van der Waals surface area (Å²) in [5.74, 6) is -0.337. The number of rotatable bonds is 8. The Balaban J connectivity index is 1.69. The fourth-order valence-electron chi connectivity index (χ4n) is 2.53. The van der Waals surface area contributed by atoms with Crippen molar-refractivity contribution in [3.8, 4) is 5.75 Å². The van der Waals surface area contributed by atoms with Crippen molar-refractivity contribution >= 4 is 55.3 Å². The van der Waals surface area contributed by atoms with Gasteiger partial charge in [-0.05, 0) is 29.6 Å². The third-order valence-corrected chi connectivity index (χ3v) is 7.57. The van der Waals surface area contributed by atoms with E-state index in [9.17, 15) is 18.0 Å². The zero-order valence-electron chi connectivity index (χ0n) is 16.9. The Morgan fingerprint density at radius 2 is 1.94 bits per heavy atom. The highest BCUT2D eigenvalue weighted by molar-refractivity contribution is 7.89. The molecule has 12 heteroatoms. The second-order valence-corrected chi connectivity index (χ2v) is 10.4. The van der Waals surface area contributed by atoms with Crippen molar-refractivity contribution in [1.29, 1.82) is 0 Å². The molecule has 2 N–H and O–H groups in total. The zero-order chi connectivity index (χ0) is 22.6. The Labute approximate surface area is 187 Å². The number of ether oxygens (including phenoxy) is 1. The maximum Gasteiger partial charge on any atom is 0.267 e. The van der Waals surface area contributed by atoms with Gasteiger partial charge in [0.1, 0.15) is 5.75 Å². The van der Waals surface area contributed by atoms with E-state index in [2.05, 4.69) is 15.6 Å². The Morgan fingerprint density at radius 1 is 1.16 bits per heavy atom. The van der Waals surface area contributed by atoms with Gasteiger partial charge in [0.25, 0.3) is 5.91 Å². The summed E-state index contributed by atoms with van der Waals surface area (Å²) in [6, 6.07) is 7.73. The van der Waals surface area contributed by atoms with Crippen LogP contribution in [0.4, 0.5) is 10.8 Å². The molecule has 0 aliphatic rings. The number of aromatic nitrogens is 1. The smallest absolute Gasteiger partial charge is 0.267 e. The molecule has 2 aromatic heterocycles. The van der Waals surface area contributed by atoms with Gasteiger partial charge in [0, 0.05) is 19.5 Å².